The molecule has 0 radical (unpaired) electrons. The second-order valence-electron chi connectivity index (χ2n) is 6.27. The maximum atomic E-state index is 10.2. The summed E-state index contributed by atoms with van der Waals surface area (Å²) in [5.74, 6) is 0.818. The fourth-order valence-corrected chi connectivity index (χ4v) is 2.14. The van der Waals surface area contributed by atoms with E-state index in [2.05, 4.69) is 17.4 Å². The first-order valence-electron chi connectivity index (χ1n) is 7.71. The van der Waals surface area contributed by atoms with Crippen molar-refractivity contribution in [1.29, 1.82) is 0 Å². The van der Waals surface area contributed by atoms with Gasteiger partial charge in [-0.25, -0.2) is 0 Å². The lowest BCUT2D eigenvalue weighted by Gasteiger charge is -2.20. The molecule has 1 aliphatic carbocycles. The molecule has 0 atom stereocenters. The Balaban J connectivity index is 2.03. The quantitative estimate of drug-likeness (QED) is 0.687. The highest BCUT2D eigenvalue weighted by Crippen LogP contribution is 2.27. The minimum absolute atomic E-state index is 0.624. The van der Waals surface area contributed by atoms with Crippen LogP contribution < -0.4 is 10.1 Å². The van der Waals surface area contributed by atoms with Crippen LogP contribution >= 0.6 is 0 Å². The summed E-state index contributed by atoms with van der Waals surface area (Å²) in [7, 11) is 1.69. The molecule has 0 aliphatic heterocycles. The number of benzene rings is 1. The highest BCUT2D eigenvalue weighted by molar-refractivity contribution is 5.37. The fourth-order valence-electron chi connectivity index (χ4n) is 2.14. The van der Waals surface area contributed by atoms with Crippen LogP contribution in [-0.4, -0.2) is 31.5 Å². The average Bonchev–Trinajstić information content (AvgIpc) is 3.24. The highest BCUT2D eigenvalue weighted by atomic mass is 16.5. The molecule has 1 saturated carbocycles. The van der Waals surface area contributed by atoms with Gasteiger partial charge in [-0.3, -0.25) is 0 Å². The van der Waals surface area contributed by atoms with Gasteiger partial charge in [0, 0.05) is 32.7 Å². The molecule has 2 rings (SSSR count). The fraction of sp³-hybridized carbons (Fsp3) is 0.647. The van der Waals surface area contributed by atoms with Crippen LogP contribution in [0.15, 0.2) is 18.2 Å². The van der Waals surface area contributed by atoms with Crippen molar-refractivity contribution in [3.05, 3.63) is 29.3 Å². The normalized spacial score (nSPS) is 15.2. The van der Waals surface area contributed by atoms with E-state index in [4.69, 9.17) is 9.47 Å². The molecule has 118 valence electrons. The van der Waals surface area contributed by atoms with E-state index in [0.717, 1.165) is 29.8 Å². The molecule has 0 heterocycles. The molecular weight excluding hydrogens is 266 g/mol. The highest BCUT2D eigenvalue weighted by Gasteiger charge is 2.21. The second-order valence-corrected chi connectivity index (χ2v) is 6.27. The first-order chi connectivity index (χ1) is 9.99. The smallest absolute Gasteiger partial charge is 0.119 e. The Bertz CT molecular complexity index is 450. The zero-order valence-electron chi connectivity index (χ0n) is 13.3. The number of rotatable bonds is 9. The average molecular weight is 293 g/mol. The maximum absolute atomic E-state index is 10.2. The number of aliphatic hydroxyl groups is 1. The lowest BCUT2D eigenvalue weighted by atomic mass is 9.96. The third-order valence-corrected chi connectivity index (χ3v) is 3.61. The monoisotopic (exact) mass is 293 g/mol. The molecule has 4 heteroatoms. The molecule has 0 unspecified atom stereocenters. The van der Waals surface area contributed by atoms with Crippen molar-refractivity contribution in [2.45, 2.75) is 51.3 Å². The molecule has 0 amide bonds. The van der Waals surface area contributed by atoms with Gasteiger partial charge in [0.2, 0.25) is 0 Å². The number of ether oxygens (including phenoxy) is 2. The van der Waals surface area contributed by atoms with E-state index < -0.39 is 5.60 Å². The van der Waals surface area contributed by atoms with Gasteiger partial charge in [-0.05, 0) is 49.9 Å². The largest absolute Gasteiger partial charge is 0.493 e. The summed E-state index contributed by atoms with van der Waals surface area (Å²) in [6.45, 7) is 5.74. The lowest BCUT2D eigenvalue weighted by molar-refractivity contribution is 0.0781. The Morgan fingerprint density at radius 1 is 1.24 bits per heavy atom. The van der Waals surface area contributed by atoms with Gasteiger partial charge < -0.3 is 19.9 Å². The van der Waals surface area contributed by atoms with Gasteiger partial charge in [0.05, 0.1) is 12.2 Å². The summed E-state index contributed by atoms with van der Waals surface area (Å²) in [6, 6.07) is 6.70. The van der Waals surface area contributed by atoms with E-state index in [1.807, 2.05) is 6.07 Å². The van der Waals surface area contributed by atoms with Gasteiger partial charge in [-0.15, -0.1) is 0 Å². The summed E-state index contributed by atoms with van der Waals surface area (Å²) >= 11 is 0. The molecule has 1 aromatic carbocycles. The van der Waals surface area contributed by atoms with Gasteiger partial charge in [-0.2, -0.15) is 0 Å². The van der Waals surface area contributed by atoms with Crippen LogP contribution in [0.2, 0.25) is 0 Å². The van der Waals surface area contributed by atoms with Crippen molar-refractivity contribution in [2.24, 2.45) is 0 Å². The van der Waals surface area contributed by atoms with E-state index in [1.165, 1.54) is 12.8 Å². The van der Waals surface area contributed by atoms with Crippen LogP contribution in [0, 0.1) is 0 Å². The molecule has 0 spiro atoms. The van der Waals surface area contributed by atoms with Gasteiger partial charge in [-0.1, -0.05) is 6.07 Å². The number of hydrogen-bond acceptors (Lipinski definition) is 4. The third-order valence-electron chi connectivity index (χ3n) is 3.61. The van der Waals surface area contributed by atoms with Crippen LogP contribution in [0.25, 0.3) is 0 Å². The summed E-state index contributed by atoms with van der Waals surface area (Å²) in [5.41, 5.74) is 1.18. The summed E-state index contributed by atoms with van der Waals surface area (Å²) in [6.07, 6.45) is 3.40. The number of hydrogen-bond donors (Lipinski definition) is 2. The van der Waals surface area contributed by atoms with E-state index >= 15 is 0 Å². The standard InChI is InChI=1S/C17H27NO3/c1-17(2,19)14-9-13(12-18-15-5-6-15)10-16(11-14)21-8-4-7-20-3/h9-11,15,18-19H,4-8,12H2,1-3H3. The number of nitrogens with one attached hydrogen (secondary N) is 1. The summed E-state index contributed by atoms with van der Waals surface area (Å²) < 4.78 is 10.8. The molecule has 1 fully saturated rings. The van der Waals surface area contributed by atoms with E-state index in [9.17, 15) is 5.11 Å². The second kappa shape index (κ2) is 7.25. The van der Waals surface area contributed by atoms with Crippen LogP contribution in [0.5, 0.6) is 5.75 Å². The van der Waals surface area contributed by atoms with Crippen LogP contribution in [0.4, 0.5) is 0 Å². The van der Waals surface area contributed by atoms with Crippen molar-refractivity contribution in [2.75, 3.05) is 20.3 Å². The van der Waals surface area contributed by atoms with Crippen molar-refractivity contribution in [1.82, 2.24) is 5.32 Å². The molecule has 1 aliphatic rings. The maximum Gasteiger partial charge on any atom is 0.119 e. The van der Waals surface area contributed by atoms with Crippen molar-refractivity contribution >= 4 is 0 Å². The zero-order chi connectivity index (χ0) is 15.3. The van der Waals surface area contributed by atoms with Crippen LogP contribution in [0.3, 0.4) is 0 Å². The van der Waals surface area contributed by atoms with E-state index in [0.29, 0.717) is 19.3 Å². The Hall–Kier alpha value is -1.10. The Morgan fingerprint density at radius 2 is 2.00 bits per heavy atom. The van der Waals surface area contributed by atoms with Crippen molar-refractivity contribution in [3.63, 3.8) is 0 Å². The van der Waals surface area contributed by atoms with Crippen molar-refractivity contribution < 1.29 is 14.6 Å². The first-order valence-corrected chi connectivity index (χ1v) is 7.71. The van der Waals surface area contributed by atoms with E-state index in [1.54, 1.807) is 21.0 Å². The minimum atomic E-state index is -0.861. The SMILES string of the molecule is COCCCOc1cc(CNC2CC2)cc(C(C)(C)O)c1. The Kier molecular flexibility index (Phi) is 5.62. The Labute approximate surface area is 127 Å². The molecule has 4 nitrogen and oxygen atoms in total. The van der Waals surface area contributed by atoms with Gasteiger partial charge in [0.25, 0.3) is 0 Å². The molecule has 0 saturated heterocycles. The van der Waals surface area contributed by atoms with Gasteiger partial charge in [0.1, 0.15) is 5.75 Å². The van der Waals surface area contributed by atoms with E-state index in [-0.39, 0.29) is 0 Å². The number of methoxy groups -OCH3 is 1. The van der Waals surface area contributed by atoms with Gasteiger partial charge >= 0.3 is 0 Å². The predicted octanol–water partition coefficient (Wildman–Crippen LogP) is 2.58. The summed E-state index contributed by atoms with van der Waals surface area (Å²) in [5, 5.41) is 13.7. The van der Waals surface area contributed by atoms with Gasteiger partial charge in [0.15, 0.2) is 0 Å². The lowest BCUT2D eigenvalue weighted by Crippen LogP contribution is -2.19. The third kappa shape index (κ3) is 5.65. The molecule has 21 heavy (non-hydrogen) atoms. The predicted molar refractivity (Wildman–Crippen MR) is 83.5 cm³/mol. The minimum Gasteiger partial charge on any atom is -0.493 e. The Morgan fingerprint density at radius 3 is 2.62 bits per heavy atom. The topological polar surface area (TPSA) is 50.7 Å². The molecular formula is C17H27NO3. The molecule has 1 aromatic rings. The zero-order valence-corrected chi connectivity index (χ0v) is 13.3. The molecule has 0 bridgehead atoms. The first kappa shape index (κ1) is 16.3. The van der Waals surface area contributed by atoms with Crippen LogP contribution in [-0.2, 0) is 16.9 Å². The molecule has 0 aromatic heterocycles. The van der Waals surface area contributed by atoms with Crippen molar-refractivity contribution in [3.8, 4) is 5.75 Å². The summed E-state index contributed by atoms with van der Waals surface area (Å²) in [4.78, 5) is 0. The van der Waals surface area contributed by atoms with Crippen LogP contribution in [0.1, 0.15) is 44.2 Å². The molecule has 2 N–H and O–H groups in total.